The van der Waals surface area contributed by atoms with Gasteiger partial charge in [-0.15, -0.1) is 0 Å². The van der Waals surface area contributed by atoms with Crippen molar-refractivity contribution in [2.24, 2.45) is 5.10 Å². The molecule has 0 aliphatic carbocycles. The summed E-state index contributed by atoms with van der Waals surface area (Å²) in [6, 6.07) is 0. The molecule has 0 unspecified atom stereocenters. The zero-order chi connectivity index (χ0) is 6.41. The summed E-state index contributed by atoms with van der Waals surface area (Å²) in [4.78, 5) is 9.61. The average molecular weight is 114 g/mol. The lowest BCUT2D eigenvalue weighted by Crippen LogP contribution is -2.04. The second-order valence-electron chi connectivity index (χ2n) is 1.45. The molecule has 0 aromatic carbocycles. The van der Waals surface area contributed by atoms with Gasteiger partial charge in [0, 0.05) is 5.71 Å². The van der Waals surface area contributed by atoms with Gasteiger partial charge >= 0.3 is 0 Å². The van der Waals surface area contributed by atoms with E-state index in [9.17, 15) is 4.79 Å². The molecule has 0 spiro atoms. The first-order chi connectivity index (χ1) is 3.81. The van der Waals surface area contributed by atoms with Gasteiger partial charge in [0.1, 0.15) is 0 Å². The maximum absolute atomic E-state index is 9.61. The van der Waals surface area contributed by atoms with Crippen LogP contribution in [0.25, 0.3) is 0 Å². The van der Waals surface area contributed by atoms with E-state index in [2.05, 4.69) is 10.5 Å². The third-order valence-electron chi connectivity index (χ3n) is 0.820. The van der Waals surface area contributed by atoms with E-state index in [0.717, 1.165) is 12.1 Å². The molecule has 0 bridgehead atoms. The third-order valence-corrected chi connectivity index (χ3v) is 0.820. The van der Waals surface area contributed by atoms with Gasteiger partial charge in [0.25, 0.3) is 0 Å². The van der Waals surface area contributed by atoms with Crippen LogP contribution in [0.2, 0.25) is 0 Å². The number of carbonyl (C=O) groups is 1. The number of hydrogen-bond donors (Lipinski definition) is 1. The monoisotopic (exact) mass is 114 g/mol. The first kappa shape index (κ1) is 7.14. The number of hydrazone groups is 1. The fourth-order valence-electron chi connectivity index (χ4n) is 0.216. The Balaban J connectivity index is 3.40. The average Bonchev–Trinajstić information content (AvgIpc) is 1.83. The molecule has 1 N–H and O–H groups in total. The standard InChI is InChI=1S/C5H10N2O/c1-3-5(2)7-6-4-8/h4H,3H2,1-2H3,(H,6,8). The lowest BCUT2D eigenvalue weighted by Gasteiger charge is -1.89. The van der Waals surface area contributed by atoms with Gasteiger partial charge in [-0.25, -0.2) is 5.43 Å². The van der Waals surface area contributed by atoms with E-state index in [1.54, 1.807) is 0 Å². The van der Waals surface area contributed by atoms with E-state index in [1.165, 1.54) is 0 Å². The fraction of sp³-hybridized carbons (Fsp3) is 0.600. The van der Waals surface area contributed by atoms with Gasteiger partial charge < -0.3 is 0 Å². The summed E-state index contributed by atoms with van der Waals surface area (Å²) in [5.74, 6) is 0. The van der Waals surface area contributed by atoms with Crippen LogP contribution < -0.4 is 5.43 Å². The third kappa shape index (κ3) is 3.33. The van der Waals surface area contributed by atoms with Gasteiger partial charge in [-0.3, -0.25) is 4.79 Å². The first-order valence-corrected chi connectivity index (χ1v) is 2.53. The van der Waals surface area contributed by atoms with Crippen molar-refractivity contribution in [2.45, 2.75) is 20.3 Å². The first-order valence-electron chi connectivity index (χ1n) is 2.53. The Hall–Kier alpha value is -0.860. The molecule has 0 rings (SSSR count). The van der Waals surface area contributed by atoms with Crippen molar-refractivity contribution in [2.75, 3.05) is 0 Å². The maximum atomic E-state index is 9.61. The summed E-state index contributed by atoms with van der Waals surface area (Å²) in [5, 5.41) is 3.66. The number of hydrogen-bond acceptors (Lipinski definition) is 2. The van der Waals surface area contributed by atoms with Crippen molar-refractivity contribution >= 4 is 12.1 Å². The van der Waals surface area contributed by atoms with Crippen LogP contribution in [0.15, 0.2) is 5.10 Å². The minimum absolute atomic E-state index is 0.555. The predicted molar refractivity (Wildman–Crippen MR) is 32.6 cm³/mol. The zero-order valence-corrected chi connectivity index (χ0v) is 5.14. The molecule has 0 aliphatic heterocycles. The molecule has 0 aliphatic rings. The van der Waals surface area contributed by atoms with Crippen LogP contribution >= 0.6 is 0 Å². The molecule has 0 radical (unpaired) electrons. The molecule has 0 aromatic rings. The van der Waals surface area contributed by atoms with Crippen LogP contribution in [0.1, 0.15) is 20.3 Å². The molecule has 3 heteroatoms. The number of nitrogens with zero attached hydrogens (tertiary/aromatic N) is 1. The van der Waals surface area contributed by atoms with Crippen molar-refractivity contribution in [3.05, 3.63) is 0 Å². The molecule has 0 atom stereocenters. The molecule has 0 saturated heterocycles. The summed E-state index contributed by atoms with van der Waals surface area (Å²) in [6.45, 7) is 3.84. The topological polar surface area (TPSA) is 41.5 Å². The summed E-state index contributed by atoms with van der Waals surface area (Å²) in [6.07, 6.45) is 1.43. The van der Waals surface area contributed by atoms with Crippen molar-refractivity contribution < 1.29 is 4.79 Å². The largest absolute Gasteiger partial charge is 0.277 e. The number of amides is 1. The molecule has 0 fully saturated rings. The molecule has 0 saturated carbocycles. The normalized spacial score (nSPS) is 11.0. The van der Waals surface area contributed by atoms with Crippen LogP contribution in [-0.4, -0.2) is 12.1 Å². The van der Waals surface area contributed by atoms with Gasteiger partial charge in [-0.1, -0.05) is 6.92 Å². The lowest BCUT2D eigenvalue weighted by atomic mass is 10.3. The van der Waals surface area contributed by atoms with E-state index in [0.29, 0.717) is 6.41 Å². The van der Waals surface area contributed by atoms with E-state index in [-0.39, 0.29) is 0 Å². The molecule has 1 amide bonds. The Morgan fingerprint density at radius 2 is 2.50 bits per heavy atom. The molecule has 46 valence electrons. The SMILES string of the molecule is CCC(C)=NNC=O. The molecule has 0 aromatic heterocycles. The summed E-state index contributed by atoms with van der Waals surface area (Å²) in [5.41, 5.74) is 3.13. The van der Waals surface area contributed by atoms with Crippen molar-refractivity contribution in [3.63, 3.8) is 0 Å². The quantitative estimate of drug-likeness (QED) is 0.324. The Morgan fingerprint density at radius 1 is 1.88 bits per heavy atom. The van der Waals surface area contributed by atoms with Crippen LogP contribution in [-0.2, 0) is 4.79 Å². The van der Waals surface area contributed by atoms with E-state index < -0.39 is 0 Å². The van der Waals surface area contributed by atoms with Crippen molar-refractivity contribution in [1.29, 1.82) is 0 Å². The molecule has 0 heterocycles. The highest BCUT2D eigenvalue weighted by Gasteiger charge is 1.80. The van der Waals surface area contributed by atoms with Crippen molar-refractivity contribution in [3.8, 4) is 0 Å². The molecule has 8 heavy (non-hydrogen) atoms. The van der Waals surface area contributed by atoms with E-state index in [1.807, 2.05) is 13.8 Å². The minimum atomic E-state index is 0.555. The highest BCUT2D eigenvalue weighted by atomic mass is 16.1. The van der Waals surface area contributed by atoms with Crippen LogP contribution in [0, 0.1) is 0 Å². The van der Waals surface area contributed by atoms with Gasteiger partial charge in [0.05, 0.1) is 0 Å². The van der Waals surface area contributed by atoms with Crippen LogP contribution in [0.3, 0.4) is 0 Å². The van der Waals surface area contributed by atoms with E-state index in [4.69, 9.17) is 0 Å². The van der Waals surface area contributed by atoms with Crippen molar-refractivity contribution in [1.82, 2.24) is 5.43 Å². The molecule has 3 nitrogen and oxygen atoms in total. The molecular formula is C5H10N2O. The Kier molecular flexibility index (Phi) is 3.84. The second kappa shape index (κ2) is 4.30. The Labute approximate surface area is 48.8 Å². The highest BCUT2D eigenvalue weighted by Crippen LogP contribution is 1.78. The fourth-order valence-corrected chi connectivity index (χ4v) is 0.216. The summed E-state index contributed by atoms with van der Waals surface area (Å²) < 4.78 is 0. The molecular weight excluding hydrogens is 104 g/mol. The zero-order valence-electron chi connectivity index (χ0n) is 5.14. The summed E-state index contributed by atoms with van der Waals surface area (Å²) in [7, 11) is 0. The summed E-state index contributed by atoms with van der Waals surface area (Å²) >= 11 is 0. The number of nitrogens with one attached hydrogen (secondary N) is 1. The maximum Gasteiger partial charge on any atom is 0.227 e. The number of rotatable bonds is 3. The van der Waals surface area contributed by atoms with Crippen LogP contribution in [0.4, 0.5) is 0 Å². The number of carbonyl (C=O) groups excluding carboxylic acids is 1. The second-order valence-corrected chi connectivity index (χ2v) is 1.45. The van der Waals surface area contributed by atoms with Crippen LogP contribution in [0.5, 0.6) is 0 Å². The van der Waals surface area contributed by atoms with Gasteiger partial charge in [0.15, 0.2) is 0 Å². The van der Waals surface area contributed by atoms with E-state index >= 15 is 0 Å². The lowest BCUT2D eigenvalue weighted by molar-refractivity contribution is -0.109. The van der Waals surface area contributed by atoms with Gasteiger partial charge in [-0.2, -0.15) is 5.10 Å². The predicted octanol–water partition coefficient (Wildman–Crippen LogP) is 0.518. The Morgan fingerprint density at radius 3 is 2.88 bits per heavy atom. The highest BCUT2D eigenvalue weighted by molar-refractivity contribution is 5.81. The Bertz CT molecular complexity index is 98.6. The minimum Gasteiger partial charge on any atom is -0.277 e. The van der Waals surface area contributed by atoms with Gasteiger partial charge in [-0.05, 0) is 13.3 Å². The van der Waals surface area contributed by atoms with Gasteiger partial charge in [0.2, 0.25) is 6.41 Å². The smallest absolute Gasteiger partial charge is 0.227 e.